The van der Waals surface area contributed by atoms with Crippen molar-refractivity contribution in [2.24, 2.45) is 5.92 Å². The van der Waals surface area contributed by atoms with E-state index in [9.17, 15) is 28.8 Å². The normalized spacial score (nSPS) is 13.4. The van der Waals surface area contributed by atoms with Crippen molar-refractivity contribution in [2.45, 2.75) is 52.6 Å². The number of nitrogens with zero attached hydrogens (tertiary/aromatic N) is 1. The summed E-state index contributed by atoms with van der Waals surface area (Å²) in [4.78, 5) is 73.7. The van der Waals surface area contributed by atoms with Gasteiger partial charge in [0.05, 0.1) is 106 Å². The average molecular weight is 852 g/mol. The molecule has 1 aromatic carbocycles. The zero-order chi connectivity index (χ0) is 43.8. The highest BCUT2D eigenvalue weighted by molar-refractivity contribution is 6.13. The first kappa shape index (κ1) is 51.8. The van der Waals surface area contributed by atoms with Gasteiger partial charge >= 0.3 is 0 Å². The summed E-state index contributed by atoms with van der Waals surface area (Å²) in [6.07, 6.45) is 2.48. The largest absolute Gasteiger partial charge is 0.379 e. The van der Waals surface area contributed by atoms with E-state index >= 15 is 0 Å². The number of amides is 6. The van der Waals surface area contributed by atoms with Gasteiger partial charge in [0.25, 0.3) is 11.8 Å². The van der Waals surface area contributed by atoms with Crippen molar-refractivity contribution in [3.63, 3.8) is 0 Å². The van der Waals surface area contributed by atoms with Crippen LogP contribution in [0.5, 0.6) is 0 Å². The number of carbonyl (C=O) groups is 6. The predicted molar refractivity (Wildman–Crippen MR) is 219 cm³/mol. The molecule has 1 aromatic rings. The number of ether oxygens (including phenoxy) is 8. The molecule has 0 aromatic heterocycles. The molecule has 2 atom stereocenters. The van der Waals surface area contributed by atoms with Gasteiger partial charge in [-0.2, -0.15) is 0 Å². The molecule has 2 rings (SSSR count). The molecule has 0 fully saturated rings. The molecule has 1 aliphatic rings. The fraction of sp³-hybridized carbons (Fsp3) is 0.659. The van der Waals surface area contributed by atoms with Crippen molar-refractivity contribution >= 4 is 41.1 Å². The lowest BCUT2D eigenvalue weighted by atomic mass is 10.0. The smallest absolute Gasteiger partial charge is 0.253 e. The summed E-state index contributed by atoms with van der Waals surface area (Å²) < 4.78 is 43.7. The molecular formula is C41H65N5O14. The molecule has 19 heteroatoms. The van der Waals surface area contributed by atoms with E-state index in [4.69, 9.17) is 37.9 Å². The molecule has 0 radical (unpaired) electrons. The summed E-state index contributed by atoms with van der Waals surface area (Å²) in [5.41, 5.74) is 1.70. The van der Waals surface area contributed by atoms with Crippen LogP contribution < -0.4 is 21.3 Å². The number of hydrogen-bond acceptors (Lipinski definition) is 14. The van der Waals surface area contributed by atoms with E-state index < -0.39 is 29.8 Å². The number of nitrogens with one attached hydrogen (secondary N) is 4. The van der Waals surface area contributed by atoms with E-state index in [0.29, 0.717) is 111 Å². The van der Waals surface area contributed by atoms with Crippen molar-refractivity contribution in [3.05, 3.63) is 42.0 Å². The highest BCUT2D eigenvalue weighted by Gasteiger charge is 2.27. The molecule has 338 valence electrons. The van der Waals surface area contributed by atoms with Gasteiger partial charge in [-0.1, -0.05) is 31.5 Å². The Hall–Kier alpha value is -4.34. The predicted octanol–water partition coefficient (Wildman–Crippen LogP) is 0.533. The first-order valence-corrected chi connectivity index (χ1v) is 20.4. The van der Waals surface area contributed by atoms with Crippen LogP contribution in [0.15, 0.2) is 36.4 Å². The van der Waals surface area contributed by atoms with Gasteiger partial charge in [0.1, 0.15) is 12.1 Å². The van der Waals surface area contributed by atoms with Crippen LogP contribution in [0.2, 0.25) is 0 Å². The van der Waals surface area contributed by atoms with Gasteiger partial charge in [0, 0.05) is 43.8 Å². The number of carbonyl (C=O) groups excluding carboxylic acids is 6. The van der Waals surface area contributed by atoms with Gasteiger partial charge in [-0.25, -0.2) is 0 Å². The van der Waals surface area contributed by atoms with Gasteiger partial charge < -0.3 is 59.2 Å². The summed E-state index contributed by atoms with van der Waals surface area (Å²) in [5, 5.41) is 10.9. The zero-order valence-corrected chi connectivity index (χ0v) is 35.5. The standard InChI is InChI=1S/C41H65N5O14/c1-31(2)39(41(52)43-33(4)40(51)44-34-7-5-32(3)6-8-34)45-36(48)12-15-53-17-19-55-21-23-57-25-27-59-29-30-60-28-26-58-24-22-56-20-18-54-16-13-42-35(47)11-14-46-37(49)9-10-38(46)50/h5-10,31,33,39H,11-30H2,1-4H3,(H,42,47)(H,43,52)(H,44,51)(H,45,48)/t33-,39?/m0/s1. The molecule has 0 spiro atoms. The van der Waals surface area contributed by atoms with Gasteiger partial charge in [0.2, 0.25) is 23.6 Å². The van der Waals surface area contributed by atoms with Crippen molar-refractivity contribution in [1.82, 2.24) is 20.9 Å². The van der Waals surface area contributed by atoms with E-state index in [0.717, 1.165) is 10.5 Å². The Bertz CT molecular complexity index is 1430. The van der Waals surface area contributed by atoms with Crippen LogP contribution in [0.3, 0.4) is 0 Å². The SMILES string of the molecule is Cc1ccc(NC(=O)[C@H](C)NC(=O)C(NC(=O)CCOCCOCCOCCOCCOCCOCCOCCOCCNC(=O)CCN2C(=O)C=CC2=O)C(C)C)cc1. The number of benzene rings is 1. The second-order valence-corrected chi connectivity index (χ2v) is 13.8. The van der Waals surface area contributed by atoms with Crippen molar-refractivity contribution in [3.8, 4) is 0 Å². The fourth-order valence-electron chi connectivity index (χ4n) is 5.06. The number of hydrogen-bond donors (Lipinski definition) is 4. The topological polar surface area (TPSA) is 228 Å². The molecule has 0 aliphatic carbocycles. The first-order valence-electron chi connectivity index (χ1n) is 20.4. The minimum absolute atomic E-state index is 0.0396. The third kappa shape index (κ3) is 24.7. The van der Waals surface area contributed by atoms with Crippen LogP contribution in [0.4, 0.5) is 5.69 Å². The number of anilines is 1. The van der Waals surface area contributed by atoms with Crippen molar-refractivity contribution < 1.29 is 66.7 Å². The molecule has 6 amide bonds. The minimum Gasteiger partial charge on any atom is -0.379 e. The zero-order valence-electron chi connectivity index (χ0n) is 35.5. The lowest BCUT2D eigenvalue weighted by Crippen LogP contribution is -2.53. The van der Waals surface area contributed by atoms with Crippen LogP contribution in [0.25, 0.3) is 0 Å². The van der Waals surface area contributed by atoms with Gasteiger partial charge in [0.15, 0.2) is 0 Å². The Morgan fingerprint density at radius 2 is 0.983 bits per heavy atom. The van der Waals surface area contributed by atoms with Gasteiger partial charge in [-0.15, -0.1) is 0 Å². The minimum atomic E-state index is -0.803. The Morgan fingerprint density at radius 3 is 1.43 bits per heavy atom. The van der Waals surface area contributed by atoms with Crippen molar-refractivity contribution in [1.29, 1.82) is 0 Å². The fourth-order valence-corrected chi connectivity index (χ4v) is 5.06. The molecular weight excluding hydrogens is 786 g/mol. The summed E-state index contributed by atoms with van der Waals surface area (Å²) in [6.45, 7) is 13.6. The lowest BCUT2D eigenvalue weighted by Gasteiger charge is -2.24. The third-order valence-corrected chi connectivity index (χ3v) is 8.45. The van der Waals surface area contributed by atoms with E-state index in [1.54, 1.807) is 19.1 Å². The third-order valence-electron chi connectivity index (χ3n) is 8.45. The van der Waals surface area contributed by atoms with E-state index in [1.807, 2.05) is 32.9 Å². The van der Waals surface area contributed by atoms with E-state index in [1.165, 1.54) is 12.2 Å². The molecule has 1 unspecified atom stereocenters. The van der Waals surface area contributed by atoms with E-state index in [-0.39, 0.29) is 49.6 Å². The summed E-state index contributed by atoms with van der Waals surface area (Å²) in [5.74, 6) is -2.40. The number of imide groups is 1. The van der Waals surface area contributed by atoms with Crippen molar-refractivity contribution in [2.75, 3.05) is 124 Å². The number of aryl methyl sites for hydroxylation is 1. The molecule has 0 bridgehead atoms. The maximum atomic E-state index is 12.9. The Kier molecular flexibility index (Phi) is 28.0. The van der Waals surface area contributed by atoms with E-state index in [2.05, 4.69) is 21.3 Å². The Balaban J connectivity index is 1.28. The monoisotopic (exact) mass is 851 g/mol. The first-order chi connectivity index (χ1) is 29.0. The summed E-state index contributed by atoms with van der Waals surface area (Å²) in [6, 6.07) is 5.74. The molecule has 4 N–H and O–H groups in total. The Labute approximate surface area is 352 Å². The molecule has 60 heavy (non-hydrogen) atoms. The van der Waals surface area contributed by atoms with Crippen LogP contribution >= 0.6 is 0 Å². The van der Waals surface area contributed by atoms with Crippen LogP contribution in [-0.4, -0.2) is 171 Å². The molecule has 19 nitrogen and oxygen atoms in total. The summed E-state index contributed by atoms with van der Waals surface area (Å²) in [7, 11) is 0. The second-order valence-electron chi connectivity index (χ2n) is 13.8. The Morgan fingerprint density at radius 1 is 0.550 bits per heavy atom. The maximum absolute atomic E-state index is 12.9. The number of rotatable bonds is 36. The van der Waals surface area contributed by atoms with Crippen LogP contribution in [0, 0.1) is 12.8 Å². The van der Waals surface area contributed by atoms with Gasteiger partial charge in [-0.05, 0) is 31.9 Å². The van der Waals surface area contributed by atoms with Crippen LogP contribution in [-0.2, 0) is 66.7 Å². The molecule has 1 aliphatic heterocycles. The highest BCUT2D eigenvalue weighted by Crippen LogP contribution is 2.10. The van der Waals surface area contributed by atoms with Crippen LogP contribution in [0.1, 0.15) is 39.2 Å². The highest BCUT2D eigenvalue weighted by atomic mass is 16.6. The lowest BCUT2D eigenvalue weighted by molar-refractivity contribution is -0.137. The summed E-state index contributed by atoms with van der Waals surface area (Å²) >= 11 is 0. The molecule has 0 saturated heterocycles. The quantitative estimate of drug-likeness (QED) is 0.0534. The van der Waals surface area contributed by atoms with Gasteiger partial charge in [-0.3, -0.25) is 33.7 Å². The molecule has 1 heterocycles. The average Bonchev–Trinajstić information content (AvgIpc) is 3.54. The molecule has 0 saturated carbocycles. The second kappa shape index (κ2) is 32.4. The maximum Gasteiger partial charge on any atom is 0.253 e.